The van der Waals surface area contributed by atoms with Crippen LogP contribution < -0.4 is 15.2 Å². The van der Waals surface area contributed by atoms with E-state index in [0.29, 0.717) is 41.6 Å². The van der Waals surface area contributed by atoms with E-state index in [0.717, 1.165) is 0 Å². The molecule has 0 radical (unpaired) electrons. The lowest BCUT2D eigenvalue weighted by Crippen LogP contribution is -2.32. The van der Waals surface area contributed by atoms with E-state index in [-0.39, 0.29) is 0 Å². The monoisotopic (exact) mass is 341 g/mol. The molecule has 0 atom stereocenters. The molecule has 0 bridgehead atoms. The van der Waals surface area contributed by atoms with Crippen LogP contribution >= 0.6 is 0 Å². The zero-order valence-electron chi connectivity index (χ0n) is 14.5. The molecule has 0 amide bonds. The molecular weight excluding hydrogens is 320 g/mol. The molecule has 0 saturated heterocycles. The Morgan fingerprint density at radius 3 is 2.32 bits per heavy atom. The number of fused-ring (bicyclic) bond motifs is 1. The van der Waals surface area contributed by atoms with Crippen molar-refractivity contribution in [2.75, 3.05) is 21.3 Å². The van der Waals surface area contributed by atoms with Gasteiger partial charge in [0.2, 0.25) is 0 Å². The minimum absolute atomic E-state index is 0.377. The maximum absolute atomic E-state index is 12.3. The Hall–Kier alpha value is -3.02. The van der Waals surface area contributed by atoms with Crippen LogP contribution in [0.25, 0.3) is 0 Å². The van der Waals surface area contributed by atoms with E-state index < -0.39 is 5.97 Å². The Labute approximate surface area is 146 Å². The normalized spacial score (nSPS) is 13.2. The van der Waals surface area contributed by atoms with Gasteiger partial charge in [0.15, 0.2) is 11.5 Å². The van der Waals surface area contributed by atoms with Crippen LogP contribution in [0, 0.1) is 0 Å². The molecule has 1 aliphatic rings. The number of nitrogens with two attached hydrogens (primary N) is 1. The summed E-state index contributed by atoms with van der Waals surface area (Å²) in [6.45, 7) is 0.571. The molecule has 2 aromatic carbocycles. The van der Waals surface area contributed by atoms with Crippen molar-refractivity contribution < 1.29 is 23.6 Å². The number of benzene rings is 2. The predicted octanol–water partition coefficient (Wildman–Crippen LogP) is 2.25. The van der Waals surface area contributed by atoms with Crippen molar-refractivity contribution >= 4 is 17.5 Å². The lowest BCUT2D eigenvalue weighted by molar-refractivity contribution is -0.462. The average Bonchev–Trinajstić information content (AvgIpc) is 2.65. The van der Waals surface area contributed by atoms with Gasteiger partial charge in [-0.3, -0.25) is 5.73 Å². The highest BCUT2D eigenvalue weighted by atomic mass is 16.5. The number of ether oxygens (including phenoxy) is 3. The number of amidine groups is 1. The van der Waals surface area contributed by atoms with Gasteiger partial charge < -0.3 is 14.2 Å². The van der Waals surface area contributed by atoms with Crippen LogP contribution in [0.3, 0.4) is 0 Å². The molecule has 0 spiro atoms. The van der Waals surface area contributed by atoms with E-state index in [2.05, 4.69) is 12.1 Å². The fourth-order valence-corrected chi connectivity index (χ4v) is 3.05. The molecule has 2 aromatic rings. The highest BCUT2D eigenvalue weighted by Crippen LogP contribution is 2.36. The fraction of sp³-hybridized carbons (Fsp3) is 0.263. The third kappa shape index (κ3) is 3.03. The Morgan fingerprint density at radius 2 is 1.68 bits per heavy atom. The van der Waals surface area contributed by atoms with E-state index in [1.165, 1.54) is 25.3 Å². The smallest absolute Gasteiger partial charge is 0.342 e. The number of carbonyl (C=O) groups excluding carboxylic acids is 1. The van der Waals surface area contributed by atoms with Crippen molar-refractivity contribution in [3.63, 3.8) is 0 Å². The van der Waals surface area contributed by atoms with Crippen molar-refractivity contribution in [2.24, 2.45) is 5.73 Å². The van der Waals surface area contributed by atoms with E-state index in [9.17, 15) is 4.79 Å². The standard InChI is InChI=1S/C19H20N2O4/c1-23-16-9-14(19(22)25-3)15(10-17(16)24-2)21-11-13-7-5-4-6-12(13)8-18(21)20/h4-7,9-10,20H,8,11H2,1-3H3/p+1. The van der Waals surface area contributed by atoms with Crippen molar-refractivity contribution in [3.05, 3.63) is 53.1 Å². The molecule has 0 fully saturated rings. The summed E-state index contributed by atoms with van der Waals surface area (Å²) in [5.41, 5.74) is 9.69. The number of carbonyl (C=O) groups is 1. The summed E-state index contributed by atoms with van der Waals surface area (Å²) >= 11 is 0. The van der Waals surface area contributed by atoms with Gasteiger partial charge in [-0.15, -0.1) is 0 Å². The lowest BCUT2D eigenvalue weighted by Gasteiger charge is -2.20. The molecule has 6 heteroatoms. The summed E-state index contributed by atoms with van der Waals surface area (Å²) in [4.78, 5) is 12.3. The van der Waals surface area contributed by atoms with E-state index >= 15 is 0 Å². The number of nitrogens with zero attached hydrogens (tertiary/aromatic N) is 1. The van der Waals surface area contributed by atoms with Crippen LogP contribution in [0.2, 0.25) is 0 Å². The molecule has 25 heavy (non-hydrogen) atoms. The summed E-state index contributed by atoms with van der Waals surface area (Å²) in [6, 6.07) is 11.5. The molecular formula is C19H21N2O4+. The molecule has 130 valence electrons. The molecule has 6 nitrogen and oxygen atoms in total. The fourth-order valence-electron chi connectivity index (χ4n) is 3.05. The quantitative estimate of drug-likeness (QED) is 0.682. The van der Waals surface area contributed by atoms with Gasteiger partial charge in [0.05, 0.1) is 27.8 Å². The number of esters is 1. The topological polar surface area (TPSA) is 73.8 Å². The first-order valence-electron chi connectivity index (χ1n) is 7.89. The number of methoxy groups -OCH3 is 3. The summed E-state index contributed by atoms with van der Waals surface area (Å²) in [6.07, 6.45) is 0.616. The molecule has 0 aliphatic carbocycles. The Balaban J connectivity index is 2.17. The highest BCUT2D eigenvalue weighted by molar-refractivity contribution is 5.95. The first-order valence-corrected chi connectivity index (χ1v) is 7.89. The van der Waals surface area contributed by atoms with Gasteiger partial charge in [-0.25, -0.2) is 9.37 Å². The number of hydrogen-bond donors (Lipinski definition) is 1. The van der Waals surface area contributed by atoms with E-state index in [1.807, 2.05) is 16.7 Å². The lowest BCUT2D eigenvalue weighted by atomic mass is 9.99. The molecule has 3 rings (SSSR count). The van der Waals surface area contributed by atoms with Gasteiger partial charge in [-0.1, -0.05) is 24.3 Å². The SMILES string of the molecule is COC(=O)c1cc(OC)c(OC)cc1[N+]1=C(N)Cc2ccccc2C1. The molecule has 0 unspecified atom stereocenters. The van der Waals surface area contributed by atoms with E-state index in [4.69, 9.17) is 19.9 Å². The molecule has 2 N–H and O–H groups in total. The highest BCUT2D eigenvalue weighted by Gasteiger charge is 2.28. The van der Waals surface area contributed by atoms with Gasteiger partial charge in [0.25, 0.3) is 5.84 Å². The van der Waals surface area contributed by atoms with Crippen LogP contribution in [-0.2, 0) is 17.7 Å². The average molecular weight is 341 g/mol. The number of hydrogen-bond acceptors (Lipinski definition) is 5. The van der Waals surface area contributed by atoms with Gasteiger partial charge in [-0.05, 0) is 11.1 Å². The van der Waals surface area contributed by atoms with Crippen LogP contribution in [0.4, 0.5) is 5.69 Å². The van der Waals surface area contributed by atoms with Crippen molar-refractivity contribution in [3.8, 4) is 11.5 Å². The minimum Gasteiger partial charge on any atom is -0.493 e. The van der Waals surface area contributed by atoms with Crippen LogP contribution in [0.15, 0.2) is 36.4 Å². The zero-order chi connectivity index (χ0) is 18.0. The molecule has 1 heterocycles. The van der Waals surface area contributed by atoms with Gasteiger partial charge >= 0.3 is 5.97 Å². The first kappa shape index (κ1) is 16.8. The summed E-state index contributed by atoms with van der Waals surface area (Å²) in [5.74, 6) is 1.19. The number of rotatable bonds is 4. The first-order chi connectivity index (χ1) is 12.1. The zero-order valence-corrected chi connectivity index (χ0v) is 14.5. The predicted molar refractivity (Wildman–Crippen MR) is 93.9 cm³/mol. The van der Waals surface area contributed by atoms with Crippen LogP contribution in [-0.4, -0.2) is 37.7 Å². The van der Waals surface area contributed by atoms with Crippen molar-refractivity contribution in [1.82, 2.24) is 0 Å². The Morgan fingerprint density at radius 1 is 1.04 bits per heavy atom. The van der Waals surface area contributed by atoms with E-state index in [1.54, 1.807) is 19.2 Å². The molecule has 0 saturated carbocycles. The largest absolute Gasteiger partial charge is 0.493 e. The second kappa shape index (κ2) is 6.84. The molecule has 1 aliphatic heterocycles. The van der Waals surface area contributed by atoms with Gasteiger partial charge in [0, 0.05) is 12.1 Å². The third-order valence-electron chi connectivity index (χ3n) is 4.36. The van der Waals surface area contributed by atoms with Crippen LogP contribution in [0.1, 0.15) is 21.5 Å². The maximum Gasteiger partial charge on any atom is 0.342 e. The Bertz CT molecular complexity index is 858. The molecule has 0 aromatic heterocycles. The second-order valence-electron chi connectivity index (χ2n) is 5.74. The van der Waals surface area contributed by atoms with Crippen molar-refractivity contribution in [2.45, 2.75) is 13.0 Å². The summed E-state index contributed by atoms with van der Waals surface area (Å²) < 4.78 is 17.5. The summed E-state index contributed by atoms with van der Waals surface area (Å²) in [5, 5.41) is 0. The van der Waals surface area contributed by atoms with Gasteiger partial charge in [-0.2, -0.15) is 0 Å². The Kier molecular flexibility index (Phi) is 4.61. The summed E-state index contributed by atoms with van der Waals surface area (Å²) in [7, 11) is 4.43. The second-order valence-corrected chi connectivity index (χ2v) is 5.74. The van der Waals surface area contributed by atoms with Gasteiger partial charge in [0.1, 0.15) is 17.8 Å². The van der Waals surface area contributed by atoms with Crippen LogP contribution in [0.5, 0.6) is 11.5 Å². The third-order valence-corrected chi connectivity index (χ3v) is 4.36. The maximum atomic E-state index is 12.3. The van der Waals surface area contributed by atoms with Crippen molar-refractivity contribution in [1.29, 1.82) is 0 Å². The minimum atomic E-state index is -0.456.